The molecule has 2 heterocycles. The number of hydrogen-bond donors (Lipinski definition) is 3. The molecule has 2 bridgehead atoms. The van der Waals surface area contributed by atoms with Gasteiger partial charge in [-0.2, -0.15) is 0 Å². The Labute approximate surface area is 248 Å². The van der Waals surface area contributed by atoms with Crippen LogP contribution >= 0.6 is 12.4 Å². The number of ether oxygens (including phenoxy) is 4. The minimum Gasteiger partial charge on any atom is -0.493 e. The fourth-order valence-electron chi connectivity index (χ4n) is 7.06. The van der Waals surface area contributed by atoms with Crippen molar-refractivity contribution in [2.24, 2.45) is 0 Å². The largest absolute Gasteiger partial charge is 0.493 e. The van der Waals surface area contributed by atoms with Crippen molar-refractivity contribution in [1.82, 2.24) is 4.90 Å². The predicted molar refractivity (Wildman–Crippen MR) is 148 cm³/mol. The van der Waals surface area contributed by atoms with E-state index >= 15 is 0 Å². The topological polar surface area (TPSA) is 152 Å². The first-order valence-electron chi connectivity index (χ1n) is 13.5. The molecule has 0 saturated carbocycles. The Morgan fingerprint density at radius 3 is 2.60 bits per heavy atom. The Bertz CT molecular complexity index is 1450. The molecule has 12 heteroatoms. The number of nitrogens with zero attached hydrogens (tertiary/aromatic N) is 1. The highest BCUT2D eigenvalue weighted by molar-refractivity contribution is 5.85. The van der Waals surface area contributed by atoms with Crippen molar-refractivity contribution in [2.45, 2.75) is 61.1 Å². The van der Waals surface area contributed by atoms with Gasteiger partial charge in [-0.25, -0.2) is 9.59 Å². The summed E-state index contributed by atoms with van der Waals surface area (Å²) in [5, 5.41) is 30.9. The van der Waals surface area contributed by atoms with Crippen LogP contribution in [0, 0.1) is 0 Å². The van der Waals surface area contributed by atoms with E-state index in [2.05, 4.69) is 4.90 Å². The maximum Gasteiger partial charge on any atom is 0.357 e. The number of likely N-dealkylation sites (N-methyl/N-ethyl adjacent to an activating group) is 1. The van der Waals surface area contributed by atoms with E-state index < -0.39 is 53.7 Å². The molecule has 3 N–H and O–H groups in total. The average Bonchev–Trinajstić information content (AvgIpc) is 3.31. The number of rotatable bonds is 8. The summed E-state index contributed by atoms with van der Waals surface area (Å²) >= 11 is 0. The fraction of sp³-hybridized carbons (Fsp3) is 0.433. The Hall–Kier alpha value is -3.64. The highest BCUT2D eigenvalue weighted by Gasteiger charge is 2.72. The van der Waals surface area contributed by atoms with Crippen LogP contribution in [0.5, 0.6) is 11.5 Å². The van der Waals surface area contributed by atoms with Crippen LogP contribution in [0.25, 0.3) is 0 Å². The Morgan fingerprint density at radius 2 is 1.90 bits per heavy atom. The van der Waals surface area contributed by atoms with Gasteiger partial charge in [0.1, 0.15) is 5.76 Å². The molecule has 0 unspecified atom stereocenters. The number of carboxylic acids is 1. The number of carboxylic acid groups (broad SMARTS) is 1. The maximum absolute atomic E-state index is 13.6. The molecule has 2 aliphatic carbocycles. The summed E-state index contributed by atoms with van der Waals surface area (Å²) in [4.78, 5) is 39.3. The van der Waals surface area contributed by atoms with E-state index in [0.717, 1.165) is 11.1 Å². The molecule has 1 fully saturated rings. The Morgan fingerprint density at radius 1 is 1.17 bits per heavy atom. The standard InChI is InChI=1S/C30H31NO10.ClH/c1-31-13-12-29-23-17-8-9-19(38-2)25(23)41-26(29)20(10-11-30(29,37)21(31)14-17)39-28(36)24(16-6-4-3-5-7-16)40-22(33)15-18(32)27(34)35;/h3-10,18,21,24,26,32,37H,11-15H2,1-2H3,(H,34,35);1H/t18-,21-,24-,26-,29-,30+;/m0./s1. The number of carbonyl (C=O) groups is 3. The molecule has 224 valence electrons. The van der Waals surface area contributed by atoms with Gasteiger partial charge in [0, 0.05) is 23.6 Å². The number of hydrogen-bond acceptors (Lipinski definition) is 10. The van der Waals surface area contributed by atoms with Crippen LogP contribution in [-0.2, 0) is 35.7 Å². The van der Waals surface area contributed by atoms with Crippen molar-refractivity contribution in [2.75, 3.05) is 20.7 Å². The molecule has 0 amide bonds. The summed E-state index contributed by atoms with van der Waals surface area (Å²) in [6.07, 6.45) is -2.14. The first-order chi connectivity index (χ1) is 19.6. The molecule has 2 aromatic carbocycles. The van der Waals surface area contributed by atoms with Crippen LogP contribution in [0.1, 0.15) is 42.1 Å². The number of aliphatic carboxylic acids is 1. The lowest BCUT2D eigenvalue weighted by molar-refractivity contribution is -0.177. The quantitative estimate of drug-likeness (QED) is 0.381. The molecule has 42 heavy (non-hydrogen) atoms. The third kappa shape index (κ3) is 4.34. The number of likely N-dealkylation sites (tertiary alicyclic amines) is 1. The molecular weight excluding hydrogens is 570 g/mol. The summed E-state index contributed by atoms with van der Waals surface area (Å²) in [5.74, 6) is -2.36. The van der Waals surface area contributed by atoms with E-state index in [1.54, 1.807) is 43.5 Å². The molecular formula is C30H32ClNO10. The van der Waals surface area contributed by atoms with E-state index in [0.29, 0.717) is 36.4 Å². The third-order valence-corrected chi connectivity index (χ3v) is 8.99. The Balaban J connectivity index is 0.00000353. The summed E-state index contributed by atoms with van der Waals surface area (Å²) in [5.41, 5.74) is 0.146. The van der Waals surface area contributed by atoms with E-state index in [1.807, 2.05) is 19.2 Å². The zero-order valence-corrected chi connectivity index (χ0v) is 23.8. The highest BCUT2D eigenvalue weighted by Crippen LogP contribution is 2.65. The second kappa shape index (κ2) is 10.9. The molecule has 1 saturated heterocycles. The van der Waals surface area contributed by atoms with Crippen molar-refractivity contribution in [3.05, 3.63) is 71.0 Å². The molecule has 1 spiro atoms. The van der Waals surface area contributed by atoms with E-state index in [9.17, 15) is 24.6 Å². The van der Waals surface area contributed by atoms with Crippen molar-refractivity contribution in [3.8, 4) is 11.5 Å². The lowest BCUT2D eigenvalue weighted by Gasteiger charge is -2.61. The second-order valence-corrected chi connectivity index (χ2v) is 11.0. The van der Waals surface area contributed by atoms with Gasteiger partial charge in [0.25, 0.3) is 0 Å². The van der Waals surface area contributed by atoms with Crippen LogP contribution in [-0.4, -0.2) is 82.7 Å². The fourth-order valence-corrected chi connectivity index (χ4v) is 7.06. The molecule has 11 nitrogen and oxygen atoms in total. The van der Waals surface area contributed by atoms with Crippen molar-refractivity contribution in [1.29, 1.82) is 0 Å². The lowest BCUT2D eigenvalue weighted by atomic mass is 9.50. The molecule has 2 aromatic rings. The van der Waals surface area contributed by atoms with Gasteiger partial charge in [-0.3, -0.25) is 4.79 Å². The summed E-state index contributed by atoms with van der Waals surface area (Å²) in [6, 6.07) is 11.8. The minimum absolute atomic E-state index is 0. The number of aliphatic hydroxyl groups is 2. The molecule has 6 atom stereocenters. The Kier molecular flexibility index (Phi) is 7.73. The van der Waals surface area contributed by atoms with Crippen LogP contribution in [0.3, 0.4) is 0 Å². The van der Waals surface area contributed by atoms with Gasteiger partial charge in [-0.1, -0.05) is 36.4 Å². The van der Waals surface area contributed by atoms with Gasteiger partial charge < -0.3 is 39.2 Å². The number of piperidine rings is 1. The predicted octanol–water partition coefficient (Wildman–Crippen LogP) is 2.06. The van der Waals surface area contributed by atoms with Crippen molar-refractivity contribution < 1.29 is 48.7 Å². The van der Waals surface area contributed by atoms with Crippen LogP contribution in [0.15, 0.2) is 54.3 Å². The molecule has 6 rings (SSSR count). The molecule has 0 aromatic heterocycles. The van der Waals surface area contributed by atoms with Crippen LogP contribution in [0.2, 0.25) is 0 Å². The van der Waals surface area contributed by atoms with Crippen LogP contribution in [0.4, 0.5) is 0 Å². The number of esters is 2. The number of benzene rings is 2. The normalized spacial score (nSPS) is 28.1. The zero-order valence-electron chi connectivity index (χ0n) is 23.0. The average molecular weight is 602 g/mol. The third-order valence-electron chi connectivity index (χ3n) is 8.99. The SMILES string of the molecule is COc1ccc2c3c1O[C@H]1C(OC(=O)[C@@H](OC(=O)C[C@H](O)C(=O)O)c4ccccc4)=CC[C@@]4(O)[C@H](C2)N(C)CC[C@]314.Cl. The highest BCUT2D eigenvalue weighted by atomic mass is 35.5. The lowest BCUT2D eigenvalue weighted by Crippen LogP contribution is -2.74. The van der Waals surface area contributed by atoms with Crippen molar-refractivity contribution in [3.63, 3.8) is 0 Å². The van der Waals surface area contributed by atoms with Crippen molar-refractivity contribution >= 4 is 30.3 Å². The smallest absolute Gasteiger partial charge is 0.357 e. The zero-order chi connectivity index (χ0) is 29.1. The number of halogens is 1. The van der Waals surface area contributed by atoms with Gasteiger partial charge in [-0.15, -0.1) is 12.4 Å². The van der Waals surface area contributed by atoms with Gasteiger partial charge in [0.15, 0.2) is 23.7 Å². The van der Waals surface area contributed by atoms with E-state index in [4.69, 9.17) is 24.1 Å². The van der Waals surface area contributed by atoms with E-state index in [1.165, 1.54) is 0 Å². The number of aliphatic hydroxyl groups excluding tert-OH is 1. The minimum atomic E-state index is -1.98. The summed E-state index contributed by atoms with van der Waals surface area (Å²) in [7, 11) is 3.54. The van der Waals surface area contributed by atoms with Crippen LogP contribution < -0.4 is 9.47 Å². The first kappa shape index (κ1) is 29.8. The van der Waals surface area contributed by atoms with Gasteiger partial charge in [0.05, 0.1) is 24.5 Å². The number of methoxy groups -OCH3 is 1. The van der Waals surface area contributed by atoms with Gasteiger partial charge in [0.2, 0.25) is 6.10 Å². The molecule has 2 aliphatic heterocycles. The monoisotopic (exact) mass is 601 g/mol. The summed E-state index contributed by atoms with van der Waals surface area (Å²) < 4.78 is 23.4. The van der Waals surface area contributed by atoms with E-state index in [-0.39, 0.29) is 30.6 Å². The maximum atomic E-state index is 13.6. The van der Waals surface area contributed by atoms with Gasteiger partial charge >= 0.3 is 17.9 Å². The molecule has 4 aliphatic rings. The molecule has 0 radical (unpaired) electrons. The summed E-state index contributed by atoms with van der Waals surface area (Å²) in [6.45, 7) is 0.695. The second-order valence-electron chi connectivity index (χ2n) is 11.0. The van der Waals surface area contributed by atoms with Gasteiger partial charge in [-0.05, 0) is 44.1 Å². The first-order valence-corrected chi connectivity index (χ1v) is 13.5. The number of carbonyl (C=O) groups excluding carboxylic acids is 2.